The zero-order valence-corrected chi connectivity index (χ0v) is 13.1. The number of rotatable bonds is 4. The zero-order chi connectivity index (χ0) is 16.3. The average Bonchev–Trinajstić information content (AvgIpc) is 2.63. The third-order valence-corrected chi connectivity index (χ3v) is 4.42. The fourth-order valence-electron chi connectivity index (χ4n) is 3.06. The summed E-state index contributed by atoms with van der Waals surface area (Å²) in [5, 5.41) is 23.0. The van der Waals surface area contributed by atoms with E-state index in [-0.39, 0.29) is 0 Å². The first-order valence-electron chi connectivity index (χ1n) is 7.68. The van der Waals surface area contributed by atoms with Gasteiger partial charge in [-0.1, -0.05) is 91.0 Å². The van der Waals surface area contributed by atoms with Crippen LogP contribution in [0.4, 0.5) is 0 Å². The van der Waals surface area contributed by atoms with E-state index in [1.54, 1.807) is 6.92 Å². The lowest BCUT2D eigenvalue weighted by Crippen LogP contribution is -2.48. The summed E-state index contributed by atoms with van der Waals surface area (Å²) in [4.78, 5) is 0. The quantitative estimate of drug-likeness (QED) is 0.769. The Morgan fingerprint density at radius 2 is 0.826 bits per heavy atom. The first-order valence-corrected chi connectivity index (χ1v) is 7.68. The fraction of sp³-hybridized carbons (Fsp3) is 0.143. The molecule has 3 rings (SSSR count). The maximum absolute atomic E-state index is 11.7. The Bertz CT molecular complexity index is 710. The highest BCUT2D eigenvalue weighted by molar-refractivity contribution is 5.43. The Hall–Kier alpha value is -2.42. The SMILES string of the molecule is C[C@](O)(c1ccccc1)C(O)(c1ccccc1)c1ccccc1. The van der Waals surface area contributed by atoms with Crippen molar-refractivity contribution >= 4 is 0 Å². The normalized spacial score (nSPS) is 14.2. The molecule has 116 valence electrons. The molecular formula is C21H20O2. The van der Waals surface area contributed by atoms with Crippen LogP contribution in [-0.2, 0) is 11.2 Å². The summed E-state index contributed by atoms with van der Waals surface area (Å²) in [6.07, 6.45) is 0. The van der Waals surface area contributed by atoms with Crippen LogP contribution >= 0.6 is 0 Å². The smallest absolute Gasteiger partial charge is 0.147 e. The first kappa shape index (κ1) is 15.5. The topological polar surface area (TPSA) is 40.5 Å². The molecule has 0 amide bonds. The van der Waals surface area contributed by atoms with Crippen LogP contribution in [0.2, 0.25) is 0 Å². The average molecular weight is 304 g/mol. The van der Waals surface area contributed by atoms with E-state index in [9.17, 15) is 10.2 Å². The summed E-state index contributed by atoms with van der Waals surface area (Å²) < 4.78 is 0. The molecule has 2 nitrogen and oxygen atoms in total. The first-order chi connectivity index (χ1) is 11.1. The van der Waals surface area contributed by atoms with Crippen LogP contribution in [0.15, 0.2) is 91.0 Å². The van der Waals surface area contributed by atoms with Gasteiger partial charge in [0.05, 0.1) is 0 Å². The van der Waals surface area contributed by atoms with Gasteiger partial charge in [-0.15, -0.1) is 0 Å². The van der Waals surface area contributed by atoms with Gasteiger partial charge in [0.1, 0.15) is 11.2 Å². The molecule has 0 aliphatic rings. The number of hydrogen-bond donors (Lipinski definition) is 2. The van der Waals surface area contributed by atoms with Crippen molar-refractivity contribution in [2.24, 2.45) is 0 Å². The maximum atomic E-state index is 11.7. The molecule has 3 aromatic rings. The van der Waals surface area contributed by atoms with Gasteiger partial charge >= 0.3 is 0 Å². The summed E-state index contributed by atoms with van der Waals surface area (Å²) in [6.45, 7) is 1.66. The van der Waals surface area contributed by atoms with Gasteiger partial charge in [-0.2, -0.15) is 0 Å². The van der Waals surface area contributed by atoms with Crippen molar-refractivity contribution in [1.29, 1.82) is 0 Å². The summed E-state index contributed by atoms with van der Waals surface area (Å²) in [5.41, 5.74) is -1.08. The second kappa shape index (κ2) is 5.99. The standard InChI is InChI=1S/C21H20O2/c1-20(22,17-11-5-2-6-12-17)21(23,18-13-7-3-8-14-18)19-15-9-4-10-16-19/h2-16,22-23H,1H3/t20-/m0/s1. The lowest BCUT2D eigenvalue weighted by Gasteiger charge is -2.42. The second-order valence-electron chi connectivity index (χ2n) is 5.88. The van der Waals surface area contributed by atoms with Crippen molar-refractivity contribution in [1.82, 2.24) is 0 Å². The van der Waals surface area contributed by atoms with Gasteiger partial charge in [0.15, 0.2) is 0 Å². The van der Waals surface area contributed by atoms with Gasteiger partial charge in [-0.25, -0.2) is 0 Å². The Labute approximate surface area is 136 Å². The van der Waals surface area contributed by atoms with Gasteiger partial charge in [0.2, 0.25) is 0 Å². The predicted molar refractivity (Wildman–Crippen MR) is 91.9 cm³/mol. The molecule has 23 heavy (non-hydrogen) atoms. The van der Waals surface area contributed by atoms with E-state index in [0.717, 1.165) is 0 Å². The highest BCUT2D eigenvalue weighted by atomic mass is 16.4. The van der Waals surface area contributed by atoms with Gasteiger partial charge in [-0.3, -0.25) is 0 Å². The second-order valence-corrected chi connectivity index (χ2v) is 5.88. The number of benzene rings is 3. The monoisotopic (exact) mass is 304 g/mol. The lowest BCUT2D eigenvalue weighted by molar-refractivity contribution is -0.128. The minimum absolute atomic E-state index is 0.653. The zero-order valence-electron chi connectivity index (χ0n) is 13.1. The molecule has 3 aromatic carbocycles. The highest BCUT2D eigenvalue weighted by Crippen LogP contribution is 2.45. The van der Waals surface area contributed by atoms with E-state index in [1.165, 1.54) is 0 Å². The molecule has 0 aliphatic carbocycles. The summed E-state index contributed by atoms with van der Waals surface area (Å²) in [6, 6.07) is 27.9. The Morgan fingerprint density at radius 3 is 1.17 bits per heavy atom. The Kier molecular flexibility index (Phi) is 4.03. The van der Waals surface area contributed by atoms with Gasteiger partial charge in [0, 0.05) is 0 Å². The van der Waals surface area contributed by atoms with Gasteiger partial charge < -0.3 is 10.2 Å². The molecule has 0 unspecified atom stereocenters. The molecular weight excluding hydrogens is 284 g/mol. The summed E-state index contributed by atoms with van der Waals surface area (Å²) >= 11 is 0. The van der Waals surface area contributed by atoms with E-state index < -0.39 is 11.2 Å². The summed E-state index contributed by atoms with van der Waals surface area (Å²) in [5.74, 6) is 0. The van der Waals surface area contributed by atoms with Crippen LogP contribution in [0, 0.1) is 0 Å². The molecule has 2 N–H and O–H groups in total. The van der Waals surface area contributed by atoms with Gasteiger partial charge in [0.25, 0.3) is 0 Å². The van der Waals surface area contributed by atoms with E-state index >= 15 is 0 Å². The van der Waals surface area contributed by atoms with Crippen LogP contribution in [-0.4, -0.2) is 10.2 Å². The van der Waals surface area contributed by atoms with E-state index in [2.05, 4.69) is 0 Å². The molecule has 1 atom stereocenters. The Balaban J connectivity index is 2.25. The molecule has 0 fully saturated rings. The van der Waals surface area contributed by atoms with Crippen LogP contribution in [0.25, 0.3) is 0 Å². The molecule has 0 aromatic heterocycles. The predicted octanol–water partition coefficient (Wildman–Crippen LogP) is 3.83. The van der Waals surface area contributed by atoms with Crippen LogP contribution in [0.1, 0.15) is 23.6 Å². The molecule has 2 heteroatoms. The molecule has 0 radical (unpaired) electrons. The molecule has 0 saturated heterocycles. The van der Waals surface area contributed by atoms with Crippen molar-refractivity contribution in [2.75, 3.05) is 0 Å². The Morgan fingerprint density at radius 1 is 0.522 bits per heavy atom. The maximum Gasteiger partial charge on any atom is 0.147 e. The summed E-state index contributed by atoms with van der Waals surface area (Å²) in [7, 11) is 0. The van der Waals surface area contributed by atoms with E-state index in [1.807, 2.05) is 91.0 Å². The fourth-order valence-corrected chi connectivity index (χ4v) is 3.06. The molecule has 0 heterocycles. The van der Waals surface area contributed by atoms with Crippen LogP contribution in [0.5, 0.6) is 0 Å². The molecule has 0 bridgehead atoms. The third kappa shape index (κ3) is 2.56. The van der Waals surface area contributed by atoms with E-state index in [0.29, 0.717) is 16.7 Å². The van der Waals surface area contributed by atoms with Crippen molar-refractivity contribution < 1.29 is 10.2 Å². The lowest BCUT2D eigenvalue weighted by atomic mass is 9.70. The third-order valence-electron chi connectivity index (χ3n) is 4.42. The number of aliphatic hydroxyl groups is 2. The highest BCUT2D eigenvalue weighted by Gasteiger charge is 2.49. The van der Waals surface area contributed by atoms with Crippen molar-refractivity contribution in [3.63, 3.8) is 0 Å². The minimum atomic E-state index is -1.56. The van der Waals surface area contributed by atoms with Crippen LogP contribution < -0.4 is 0 Å². The minimum Gasteiger partial charge on any atom is -0.382 e. The molecule has 0 saturated carbocycles. The number of hydrogen-bond acceptors (Lipinski definition) is 2. The van der Waals surface area contributed by atoms with E-state index in [4.69, 9.17) is 0 Å². The van der Waals surface area contributed by atoms with Crippen molar-refractivity contribution in [3.8, 4) is 0 Å². The van der Waals surface area contributed by atoms with Gasteiger partial charge in [-0.05, 0) is 23.6 Å². The van der Waals surface area contributed by atoms with Crippen molar-refractivity contribution in [3.05, 3.63) is 108 Å². The molecule has 0 aliphatic heterocycles. The largest absolute Gasteiger partial charge is 0.382 e. The van der Waals surface area contributed by atoms with Crippen LogP contribution in [0.3, 0.4) is 0 Å². The van der Waals surface area contributed by atoms with Crippen molar-refractivity contribution in [2.45, 2.75) is 18.1 Å². The molecule has 0 spiro atoms.